The number of aromatic nitrogens is 1. The number of hydrazone groups is 1. The number of carboxylic acid groups (broad SMARTS) is 1. The molecule has 4 N–H and O–H groups in total. The average molecular weight is 323 g/mol. The monoisotopic (exact) mass is 323 g/mol. The van der Waals surface area contributed by atoms with Gasteiger partial charge in [-0.25, -0.2) is 4.79 Å². The van der Waals surface area contributed by atoms with Gasteiger partial charge in [-0.2, -0.15) is 5.10 Å². The summed E-state index contributed by atoms with van der Waals surface area (Å²) in [6.45, 7) is 0. The Balaban J connectivity index is 1.93. The fraction of sp³-hybridized carbons (Fsp3) is 0. The Kier molecular flexibility index (Phi) is 3.98. The van der Waals surface area contributed by atoms with Gasteiger partial charge >= 0.3 is 5.97 Å². The van der Waals surface area contributed by atoms with E-state index in [1.165, 1.54) is 18.3 Å². The molecule has 0 aliphatic heterocycles. The Hall–Kier alpha value is -3.61. The molecular weight excluding hydrogens is 310 g/mol. The predicted octanol–water partition coefficient (Wildman–Crippen LogP) is 2.38. The minimum absolute atomic E-state index is 0.132. The van der Waals surface area contributed by atoms with Crippen molar-refractivity contribution < 1.29 is 15.0 Å². The van der Waals surface area contributed by atoms with Crippen molar-refractivity contribution in [2.24, 2.45) is 5.10 Å². The molecule has 0 aliphatic carbocycles. The zero-order chi connectivity index (χ0) is 17.1. The number of benzene rings is 2. The highest BCUT2D eigenvalue weighted by atomic mass is 16.4. The van der Waals surface area contributed by atoms with Crippen LogP contribution in [0.3, 0.4) is 0 Å². The molecule has 0 saturated carbocycles. The van der Waals surface area contributed by atoms with Crippen LogP contribution in [0.5, 0.6) is 5.88 Å². The highest BCUT2D eigenvalue weighted by molar-refractivity contribution is 6.01. The summed E-state index contributed by atoms with van der Waals surface area (Å²) in [5.41, 5.74) is 3.28. The zero-order valence-electron chi connectivity index (χ0n) is 12.4. The van der Waals surface area contributed by atoms with Gasteiger partial charge in [0.25, 0.3) is 5.56 Å². The average Bonchev–Trinajstić information content (AvgIpc) is 2.58. The van der Waals surface area contributed by atoms with Crippen LogP contribution in [0.2, 0.25) is 0 Å². The summed E-state index contributed by atoms with van der Waals surface area (Å²) in [5.74, 6) is -1.32. The highest BCUT2D eigenvalue weighted by Crippen LogP contribution is 2.20. The van der Waals surface area contributed by atoms with Crippen molar-refractivity contribution >= 4 is 28.6 Å². The number of carbonyl (C=O) groups is 1. The van der Waals surface area contributed by atoms with Gasteiger partial charge in [-0.15, -0.1) is 0 Å². The molecule has 3 rings (SSSR count). The molecule has 7 heteroatoms. The summed E-state index contributed by atoms with van der Waals surface area (Å²) < 4.78 is 0. The molecule has 0 spiro atoms. The summed E-state index contributed by atoms with van der Waals surface area (Å²) in [4.78, 5) is 25.1. The predicted molar refractivity (Wildman–Crippen MR) is 90.9 cm³/mol. The lowest BCUT2D eigenvalue weighted by molar-refractivity contribution is 0.0697. The van der Waals surface area contributed by atoms with E-state index in [9.17, 15) is 14.7 Å². The van der Waals surface area contributed by atoms with Gasteiger partial charge in [0.15, 0.2) is 0 Å². The fourth-order valence-corrected chi connectivity index (χ4v) is 2.31. The lowest BCUT2D eigenvalue weighted by Crippen LogP contribution is -2.08. The maximum absolute atomic E-state index is 11.8. The third-order valence-corrected chi connectivity index (χ3v) is 3.45. The van der Waals surface area contributed by atoms with Crippen LogP contribution >= 0.6 is 0 Å². The zero-order valence-corrected chi connectivity index (χ0v) is 12.4. The van der Waals surface area contributed by atoms with Crippen molar-refractivity contribution in [1.82, 2.24) is 4.98 Å². The number of hydrogen-bond acceptors (Lipinski definition) is 5. The summed E-state index contributed by atoms with van der Waals surface area (Å²) in [7, 11) is 0. The second kappa shape index (κ2) is 6.25. The maximum atomic E-state index is 11.8. The van der Waals surface area contributed by atoms with E-state index < -0.39 is 5.97 Å². The van der Waals surface area contributed by atoms with Crippen LogP contribution in [0, 0.1) is 0 Å². The van der Waals surface area contributed by atoms with Crippen molar-refractivity contribution in [3.05, 3.63) is 70.0 Å². The number of aromatic carboxylic acids is 1. The summed E-state index contributed by atoms with van der Waals surface area (Å²) in [6, 6.07) is 13.0. The number of aromatic hydroxyl groups is 1. The minimum Gasteiger partial charge on any atom is -0.494 e. The van der Waals surface area contributed by atoms with Crippen molar-refractivity contribution in [3.63, 3.8) is 0 Å². The van der Waals surface area contributed by atoms with Gasteiger partial charge in [-0.3, -0.25) is 15.2 Å². The van der Waals surface area contributed by atoms with E-state index >= 15 is 0 Å². The molecular formula is C17H13N3O4. The van der Waals surface area contributed by atoms with Crippen LogP contribution in [0.4, 0.5) is 5.69 Å². The normalized spacial score (nSPS) is 11.0. The third kappa shape index (κ3) is 2.95. The second-order valence-corrected chi connectivity index (χ2v) is 5.02. The van der Waals surface area contributed by atoms with E-state index in [4.69, 9.17) is 5.11 Å². The van der Waals surface area contributed by atoms with Crippen LogP contribution in [0.1, 0.15) is 15.9 Å². The standard InChI is InChI=1S/C17H13N3O4/c21-15-13-7-2-1-6-12(13)14(16(22)19-15)9-18-20-11-5-3-4-10(8-11)17(23)24/h1-9,20H,(H,23,24)(H2,19,21,22). The smallest absolute Gasteiger partial charge is 0.335 e. The van der Waals surface area contributed by atoms with Gasteiger partial charge in [0, 0.05) is 10.8 Å². The Labute approximate surface area is 135 Å². The molecule has 1 heterocycles. The number of anilines is 1. The first-order valence-corrected chi connectivity index (χ1v) is 7.02. The summed E-state index contributed by atoms with van der Waals surface area (Å²) in [6.07, 6.45) is 1.36. The Bertz CT molecular complexity index is 1010. The van der Waals surface area contributed by atoms with Crippen LogP contribution in [0.15, 0.2) is 58.4 Å². The van der Waals surface area contributed by atoms with Crippen LogP contribution in [-0.2, 0) is 0 Å². The van der Waals surface area contributed by atoms with E-state index in [1.807, 2.05) is 0 Å². The molecule has 2 aromatic carbocycles. The van der Waals surface area contributed by atoms with Crippen molar-refractivity contribution in [2.45, 2.75) is 0 Å². The first-order valence-electron chi connectivity index (χ1n) is 7.02. The molecule has 0 amide bonds. The van der Waals surface area contributed by atoms with Gasteiger partial charge in [-0.05, 0) is 24.3 Å². The van der Waals surface area contributed by atoms with Gasteiger partial charge in [0.1, 0.15) is 0 Å². The van der Waals surface area contributed by atoms with E-state index in [0.717, 1.165) is 0 Å². The number of hydrogen-bond donors (Lipinski definition) is 4. The lowest BCUT2D eigenvalue weighted by atomic mass is 10.1. The number of carboxylic acids is 1. The molecule has 0 fully saturated rings. The molecule has 1 aromatic heterocycles. The SMILES string of the molecule is O=C(O)c1cccc(NN=Cc2c(O)[nH]c(=O)c3ccccc23)c1. The quantitative estimate of drug-likeness (QED) is 0.435. The number of rotatable bonds is 4. The molecule has 0 atom stereocenters. The molecule has 3 aromatic rings. The number of nitrogens with zero attached hydrogens (tertiary/aromatic N) is 1. The molecule has 120 valence electrons. The molecule has 0 aliphatic rings. The van der Waals surface area contributed by atoms with Gasteiger partial charge in [0.2, 0.25) is 5.88 Å². The summed E-state index contributed by atoms with van der Waals surface area (Å²) >= 11 is 0. The molecule has 24 heavy (non-hydrogen) atoms. The first-order chi connectivity index (χ1) is 11.6. The third-order valence-electron chi connectivity index (χ3n) is 3.45. The topological polar surface area (TPSA) is 115 Å². The number of nitrogens with one attached hydrogen (secondary N) is 2. The number of pyridine rings is 1. The van der Waals surface area contributed by atoms with Crippen LogP contribution in [-0.4, -0.2) is 27.4 Å². The fourth-order valence-electron chi connectivity index (χ4n) is 2.31. The number of aromatic amines is 1. The van der Waals surface area contributed by atoms with Crippen molar-refractivity contribution in [3.8, 4) is 5.88 Å². The lowest BCUT2D eigenvalue weighted by Gasteiger charge is -2.05. The first kappa shape index (κ1) is 15.3. The van der Waals surface area contributed by atoms with E-state index in [-0.39, 0.29) is 17.0 Å². The molecule has 0 saturated heterocycles. The number of H-pyrrole nitrogens is 1. The van der Waals surface area contributed by atoms with Crippen LogP contribution in [0.25, 0.3) is 10.8 Å². The van der Waals surface area contributed by atoms with Gasteiger partial charge in [0.05, 0.1) is 23.0 Å². The minimum atomic E-state index is -1.04. The number of fused-ring (bicyclic) bond motifs is 1. The van der Waals surface area contributed by atoms with Crippen LogP contribution < -0.4 is 11.0 Å². The Morgan fingerprint density at radius 1 is 1.12 bits per heavy atom. The molecule has 7 nitrogen and oxygen atoms in total. The Morgan fingerprint density at radius 2 is 1.88 bits per heavy atom. The Morgan fingerprint density at radius 3 is 2.62 bits per heavy atom. The van der Waals surface area contributed by atoms with E-state index in [2.05, 4.69) is 15.5 Å². The molecule has 0 unspecified atom stereocenters. The van der Waals surface area contributed by atoms with E-state index in [0.29, 0.717) is 22.0 Å². The van der Waals surface area contributed by atoms with E-state index in [1.54, 1.807) is 36.4 Å². The maximum Gasteiger partial charge on any atom is 0.335 e. The highest BCUT2D eigenvalue weighted by Gasteiger charge is 2.08. The molecule has 0 bridgehead atoms. The summed E-state index contributed by atoms with van der Waals surface area (Å²) in [5, 5.41) is 23.9. The van der Waals surface area contributed by atoms with Crippen molar-refractivity contribution in [2.75, 3.05) is 5.43 Å². The van der Waals surface area contributed by atoms with Gasteiger partial charge in [-0.1, -0.05) is 24.3 Å². The van der Waals surface area contributed by atoms with Crippen molar-refractivity contribution in [1.29, 1.82) is 0 Å². The largest absolute Gasteiger partial charge is 0.494 e. The van der Waals surface area contributed by atoms with Gasteiger partial charge < -0.3 is 10.2 Å². The second-order valence-electron chi connectivity index (χ2n) is 5.02. The molecule has 0 radical (unpaired) electrons.